The molecule has 2 fully saturated rings. The molecule has 19 heavy (non-hydrogen) atoms. The van der Waals surface area contributed by atoms with Crippen LogP contribution in [0.3, 0.4) is 0 Å². The summed E-state index contributed by atoms with van der Waals surface area (Å²) in [6, 6.07) is 3.00. The third-order valence-electron chi connectivity index (χ3n) is 4.94. The van der Waals surface area contributed by atoms with Gasteiger partial charge in [0.05, 0.1) is 0 Å². The first kappa shape index (κ1) is 12.9. The molecule has 1 aliphatic carbocycles. The lowest BCUT2D eigenvalue weighted by Gasteiger charge is -2.40. The van der Waals surface area contributed by atoms with Gasteiger partial charge >= 0.3 is 0 Å². The first-order valence-electron chi connectivity index (χ1n) is 7.64. The van der Waals surface area contributed by atoms with E-state index in [1.54, 1.807) is 0 Å². The molecule has 2 N–H and O–H groups in total. The Kier molecular flexibility index (Phi) is 3.48. The molecule has 2 aliphatic rings. The van der Waals surface area contributed by atoms with Crippen molar-refractivity contribution < 1.29 is 0 Å². The van der Waals surface area contributed by atoms with Gasteiger partial charge < -0.3 is 10.6 Å². The van der Waals surface area contributed by atoms with E-state index in [9.17, 15) is 0 Å². The summed E-state index contributed by atoms with van der Waals surface area (Å²) in [6.07, 6.45) is 6.91. The van der Waals surface area contributed by atoms with Crippen LogP contribution in [0.4, 0.5) is 5.69 Å². The number of fused-ring (bicyclic) bond motifs is 1. The second-order valence-corrected chi connectivity index (χ2v) is 6.14. The number of aromatic nitrogens is 1. The molecule has 3 heteroatoms. The molecule has 0 aromatic carbocycles. The summed E-state index contributed by atoms with van der Waals surface area (Å²) in [4.78, 5) is 7.22. The summed E-state index contributed by atoms with van der Waals surface area (Å²) in [5.41, 5.74) is 10.8. The first-order chi connectivity index (χ1) is 9.20. The monoisotopic (exact) mass is 259 g/mol. The number of nitrogens with two attached hydrogens (primary N) is 1. The van der Waals surface area contributed by atoms with Gasteiger partial charge in [0.25, 0.3) is 0 Å². The minimum Gasteiger partial charge on any atom is -0.368 e. The molecule has 2 unspecified atom stereocenters. The van der Waals surface area contributed by atoms with Gasteiger partial charge in [0, 0.05) is 41.8 Å². The van der Waals surface area contributed by atoms with E-state index < -0.39 is 0 Å². The van der Waals surface area contributed by atoms with Crippen LogP contribution in [-0.4, -0.2) is 17.6 Å². The van der Waals surface area contributed by atoms with Crippen LogP contribution in [0.2, 0.25) is 0 Å². The lowest BCUT2D eigenvalue weighted by Crippen LogP contribution is -2.43. The summed E-state index contributed by atoms with van der Waals surface area (Å²) in [7, 11) is 0. The molecule has 1 aromatic rings. The van der Waals surface area contributed by atoms with Crippen molar-refractivity contribution in [3.05, 3.63) is 23.0 Å². The van der Waals surface area contributed by atoms with Gasteiger partial charge in [0.2, 0.25) is 0 Å². The van der Waals surface area contributed by atoms with Crippen molar-refractivity contribution in [2.24, 2.45) is 11.7 Å². The van der Waals surface area contributed by atoms with Gasteiger partial charge in [-0.25, -0.2) is 0 Å². The van der Waals surface area contributed by atoms with E-state index in [0.717, 1.165) is 23.3 Å². The molecule has 3 rings (SSSR count). The normalized spacial score (nSPS) is 26.6. The average molecular weight is 259 g/mol. The summed E-state index contributed by atoms with van der Waals surface area (Å²) in [6.45, 7) is 5.97. The maximum Gasteiger partial charge on any atom is 0.0450 e. The second-order valence-electron chi connectivity index (χ2n) is 6.14. The van der Waals surface area contributed by atoms with E-state index in [0.29, 0.717) is 6.54 Å². The molecule has 0 amide bonds. The lowest BCUT2D eigenvalue weighted by atomic mass is 9.91. The summed E-state index contributed by atoms with van der Waals surface area (Å²) in [5, 5.41) is 0. The Labute approximate surface area is 116 Å². The largest absolute Gasteiger partial charge is 0.368 e. The van der Waals surface area contributed by atoms with Crippen molar-refractivity contribution in [3.63, 3.8) is 0 Å². The standard InChI is InChI=1S/C16H25N3/c1-11-9-16(14(10-17)12(2)18-11)19-8-4-6-13-5-3-7-15(13)19/h9,13,15H,3-8,10,17H2,1-2H3. The number of anilines is 1. The van der Waals surface area contributed by atoms with Crippen LogP contribution in [-0.2, 0) is 6.54 Å². The Morgan fingerprint density at radius 2 is 2.05 bits per heavy atom. The summed E-state index contributed by atoms with van der Waals surface area (Å²) in [5.74, 6) is 0.910. The third kappa shape index (κ3) is 2.25. The van der Waals surface area contributed by atoms with E-state index in [4.69, 9.17) is 5.73 Å². The van der Waals surface area contributed by atoms with Crippen LogP contribution in [0.15, 0.2) is 6.07 Å². The highest BCUT2D eigenvalue weighted by Gasteiger charge is 2.35. The molecule has 0 bridgehead atoms. The van der Waals surface area contributed by atoms with Crippen LogP contribution in [0.25, 0.3) is 0 Å². The predicted molar refractivity (Wildman–Crippen MR) is 79.3 cm³/mol. The number of aryl methyl sites for hydroxylation is 2. The van der Waals surface area contributed by atoms with Gasteiger partial charge in [0.1, 0.15) is 0 Å². The Morgan fingerprint density at radius 1 is 1.26 bits per heavy atom. The fourth-order valence-electron chi connectivity index (χ4n) is 4.10. The molecule has 0 spiro atoms. The lowest BCUT2D eigenvalue weighted by molar-refractivity contribution is 0.362. The topological polar surface area (TPSA) is 42.1 Å². The highest BCUT2D eigenvalue weighted by atomic mass is 15.2. The quantitative estimate of drug-likeness (QED) is 0.888. The third-order valence-corrected chi connectivity index (χ3v) is 4.94. The van der Waals surface area contributed by atoms with Crippen molar-refractivity contribution in [1.29, 1.82) is 0 Å². The zero-order chi connectivity index (χ0) is 13.4. The number of nitrogens with zero attached hydrogens (tertiary/aromatic N) is 2. The van der Waals surface area contributed by atoms with E-state index in [1.807, 2.05) is 0 Å². The van der Waals surface area contributed by atoms with Crippen molar-refractivity contribution in [2.75, 3.05) is 11.4 Å². The van der Waals surface area contributed by atoms with Gasteiger partial charge in [-0.2, -0.15) is 0 Å². The molecule has 1 saturated carbocycles. The smallest absolute Gasteiger partial charge is 0.0450 e. The molecular formula is C16H25N3. The second kappa shape index (κ2) is 5.12. The maximum absolute atomic E-state index is 5.98. The molecule has 2 atom stereocenters. The number of hydrogen-bond acceptors (Lipinski definition) is 3. The molecule has 1 saturated heterocycles. The van der Waals surface area contributed by atoms with Crippen molar-refractivity contribution in [1.82, 2.24) is 4.98 Å². The Balaban J connectivity index is 2.00. The minimum absolute atomic E-state index is 0.600. The van der Waals surface area contributed by atoms with E-state index in [1.165, 1.54) is 49.9 Å². The van der Waals surface area contributed by atoms with E-state index >= 15 is 0 Å². The number of piperidine rings is 1. The number of rotatable bonds is 2. The molecule has 3 nitrogen and oxygen atoms in total. The fourth-order valence-corrected chi connectivity index (χ4v) is 4.10. The maximum atomic E-state index is 5.98. The first-order valence-corrected chi connectivity index (χ1v) is 7.64. The number of pyridine rings is 1. The molecule has 1 aromatic heterocycles. The molecular weight excluding hydrogens is 234 g/mol. The summed E-state index contributed by atoms with van der Waals surface area (Å²) >= 11 is 0. The zero-order valence-corrected chi connectivity index (χ0v) is 12.2. The highest BCUT2D eigenvalue weighted by molar-refractivity contribution is 5.57. The van der Waals surface area contributed by atoms with Gasteiger partial charge in [-0.05, 0) is 51.5 Å². The predicted octanol–water partition coefficient (Wildman–Crippen LogP) is 2.93. The van der Waals surface area contributed by atoms with Crippen molar-refractivity contribution in [3.8, 4) is 0 Å². The molecule has 1 aliphatic heterocycles. The van der Waals surface area contributed by atoms with Crippen LogP contribution in [0.1, 0.15) is 49.1 Å². The van der Waals surface area contributed by atoms with Crippen LogP contribution in [0, 0.1) is 19.8 Å². The van der Waals surface area contributed by atoms with Crippen molar-refractivity contribution in [2.45, 2.75) is 58.5 Å². The highest BCUT2D eigenvalue weighted by Crippen LogP contribution is 2.40. The van der Waals surface area contributed by atoms with Crippen LogP contribution < -0.4 is 10.6 Å². The van der Waals surface area contributed by atoms with Gasteiger partial charge in [-0.1, -0.05) is 6.42 Å². The van der Waals surface area contributed by atoms with Gasteiger partial charge in [-0.3, -0.25) is 4.98 Å². The van der Waals surface area contributed by atoms with Crippen LogP contribution >= 0.6 is 0 Å². The van der Waals surface area contributed by atoms with E-state index in [-0.39, 0.29) is 0 Å². The zero-order valence-electron chi connectivity index (χ0n) is 12.2. The van der Waals surface area contributed by atoms with E-state index in [2.05, 4.69) is 29.8 Å². The molecule has 104 valence electrons. The van der Waals surface area contributed by atoms with Crippen LogP contribution in [0.5, 0.6) is 0 Å². The average Bonchev–Trinajstić information content (AvgIpc) is 2.85. The molecule has 0 radical (unpaired) electrons. The SMILES string of the molecule is Cc1cc(N2CCCC3CCCC32)c(CN)c(C)n1. The Morgan fingerprint density at radius 3 is 2.84 bits per heavy atom. The Bertz CT molecular complexity index is 469. The molecule has 2 heterocycles. The van der Waals surface area contributed by atoms with Gasteiger partial charge in [-0.15, -0.1) is 0 Å². The Hall–Kier alpha value is -1.09. The fraction of sp³-hybridized carbons (Fsp3) is 0.688. The minimum atomic E-state index is 0.600. The van der Waals surface area contributed by atoms with Gasteiger partial charge in [0.15, 0.2) is 0 Å². The summed E-state index contributed by atoms with van der Waals surface area (Å²) < 4.78 is 0. The number of hydrogen-bond donors (Lipinski definition) is 1. The van der Waals surface area contributed by atoms with Crippen molar-refractivity contribution >= 4 is 5.69 Å².